The van der Waals surface area contributed by atoms with Crippen LogP contribution in [-0.2, 0) is 4.79 Å². The van der Waals surface area contributed by atoms with Gasteiger partial charge < -0.3 is 9.15 Å². The summed E-state index contributed by atoms with van der Waals surface area (Å²) in [5.74, 6) is 0.425. The van der Waals surface area contributed by atoms with E-state index in [0.717, 1.165) is 18.6 Å². The van der Waals surface area contributed by atoms with Crippen molar-refractivity contribution in [2.24, 2.45) is 0 Å². The number of thiocarbonyl (C=S) groups is 1. The standard InChI is InChI=1S/C21H25N3O4S/c1-2-3-4-5-14-27-18-10-8-16(9-11-18)20(26)23-24-21(29)22-19(25)13-12-17-7-6-15-28-17/h6-13,15H,2-5,14H2,1H3,(H,23,26)(H2,22,24,25,29). The number of unbranched alkanes of at least 4 members (excludes halogenated alkanes) is 3. The highest BCUT2D eigenvalue weighted by atomic mass is 32.1. The number of carbonyl (C=O) groups is 2. The SMILES string of the molecule is CCCCCCOc1ccc(C(=O)NNC(=S)NC(=O)C=Cc2ccco2)cc1. The third-order valence-electron chi connectivity index (χ3n) is 3.85. The van der Waals surface area contributed by atoms with Gasteiger partial charge in [-0.1, -0.05) is 26.2 Å². The number of benzene rings is 1. The maximum Gasteiger partial charge on any atom is 0.269 e. The van der Waals surface area contributed by atoms with Crippen molar-refractivity contribution >= 4 is 35.2 Å². The van der Waals surface area contributed by atoms with Gasteiger partial charge in [-0.3, -0.25) is 25.8 Å². The number of nitrogens with one attached hydrogen (secondary N) is 3. The molecule has 8 heteroatoms. The van der Waals surface area contributed by atoms with Gasteiger partial charge in [0.05, 0.1) is 12.9 Å². The van der Waals surface area contributed by atoms with Crippen molar-refractivity contribution in [1.82, 2.24) is 16.2 Å². The zero-order valence-electron chi connectivity index (χ0n) is 16.3. The fourth-order valence-corrected chi connectivity index (χ4v) is 2.49. The van der Waals surface area contributed by atoms with E-state index in [9.17, 15) is 9.59 Å². The van der Waals surface area contributed by atoms with E-state index in [4.69, 9.17) is 21.4 Å². The molecule has 154 valence electrons. The lowest BCUT2D eigenvalue weighted by molar-refractivity contribution is -0.115. The fraction of sp³-hybridized carbons (Fsp3) is 0.286. The number of furan rings is 1. The molecule has 0 aliphatic rings. The molecule has 7 nitrogen and oxygen atoms in total. The first-order valence-corrected chi connectivity index (χ1v) is 9.85. The van der Waals surface area contributed by atoms with Crippen LogP contribution in [0.5, 0.6) is 5.75 Å². The van der Waals surface area contributed by atoms with Crippen molar-refractivity contribution in [3.63, 3.8) is 0 Å². The Hall–Kier alpha value is -3.13. The molecule has 0 unspecified atom stereocenters. The number of rotatable bonds is 9. The van der Waals surface area contributed by atoms with Gasteiger partial charge in [0.2, 0.25) is 5.91 Å². The van der Waals surface area contributed by atoms with Crippen LogP contribution in [0, 0.1) is 0 Å². The van der Waals surface area contributed by atoms with Crippen LogP contribution in [-0.4, -0.2) is 23.5 Å². The maximum atomic E-state index is 12.1. The van der Waals surface area contributed by atoms with Gasteiger partial charge in [0.25, 0.3) is 5.91 Å². The first-order valence-electron chi connectivity index (χ1n) is 9.44. The molecule has 2 amide bonds. The molecule has 1 aromatic carbocycles. The Labute approximate surface area is 175 Å². The van der Waals surface area contributed by atoms with Crippen LogP contribution in [0.2, 0.25) is 0 Å². The summed E-state index contributed by atoms with van der Waals surface area (Å²) in [7, 11) is 0. The highest BCUT2D eigenvalue weighted by Crippen LogP contribution is 2.13. The summed E-state index contributed by atoms with van der Waals surface area (Å²) in [6, 6.07) is 10.2. The number of hydrogen-bond acceptors (Lipinski definition) is 5. The molecular formula is C21H25N3O4S. The zero-order valence-corrected chi connectivity index (χ0v) is 17.1. The van der Waals surface area contributed by atoms with Crippen LogP contribution in [0.25, 0.3) is 6.08 Å². The highest BCUT2D eigenvalue weighted by Gasteiger charge is 2.07. The average molecular weight is 416 g/mol. The molecule has 29 heavy (non-hydrogen) atoms. The van der Waals surface area contributed by atoms with Crippen molar-refractivity contribution < 1.29 is 18.7 Å². The molecule has 2 rings (SSSR count). The van der Waals surface area contributed by atoms with E-state index in [2.05, 4.69) is 23.1 Å². The summed E-state index contributed by atoms with van der Waals surface area (Å²) in [5, 5.41) is 2.39. The predicted octanol–water partition coefficient (Wildman–Crippen LogP) is 3.59. The summed E-state index contributed by atoms with van der Waals surface area (Å²) in [5.41, 5.74) is 5.35. The van der Waals surface area contributed by atoms with Gasteiger partial charge in [-0.15, -0.1) is 0 Å². The fourth-order valence-electron chi connectivity index (χ4n) is 2.34. The second-order valence-corrected chi connectivity index (χ2v) is 6.59. The topological polar surface area (TPSA) is 92.6 Å². The summed E-state index contributed by atoms with van der Waals surface area (Å²) in [6.45, 7) is 2.83. The second kappa shape index (κ2) is 12.4. The van der Waals surface area contributed by atoms with Gasteiger partial charge >= 0.3 is 0 Å². The second-order valence-electron chi connectivity index (χ2n) is 6.18. The van der Waals surface area contributed by atoms with E-state index in [1.165, 1.54) is 31.3 Å². The molecule has 3 N–H and O–H groups in total. The number of amides is 2. The Morgan fingerprint density at radius 3 is 2.59 bits per heavy atom. The Morgan fingerprint density at radius 1 is 1.10 bits per heavy atom. The molecule has 0 radical (unpaired) electrons. The molecule has 0 saturated heterocycles. The summed E-state index contributed by atoms with van der Waals surface area (Å²) in [6.07, 6.45) is 8.84. The zero-order chi connectivity index (χ0) is 20.9. The van der Waals surface area contributed by atoms with Gasteiger partial charge in [-0.25, -0.2) is 0 Å². The van der Waals surface area contributed by atoms with Crippen LogP contribution in [0.15, 0.2) is 53.2 Å². The van der Waals surface area contributed by atoms with Crippen LogP contribution in [0.1, 0.15) is 48.7 Å². The lowest BCUT2D eigenvalue weighted by Gasteiger charge is -2.10. The molecule has 0 fully saturated rings. The van der Waals surface area contributed by atoms with E-state index >= 15 is 0 Å². The quantitative estimate of drug-likeness (QED) is 0.251. The van der Waals surface area contributed by atoms with Gasteiger partial charge in [-0.05, 0) is 61.1 Å². The maximum absolute atomic E-state index is 12.1. The van der Waals surface area contributed by atoms with E-state index < -0.39 is 5.91 Å². The van der Waals surface area contributed by atoms with Crippen LogP contribution >= 0.6 is 12.2 Å². The van der Waals surface area contributed by atoms with Gasteiger partial charge in [0.15, 0.2) is 5.11 Å². The van der Waals surface area contributed by atoms with Gasteiger partial charge in [0, 0.05) is 11.6 Å². The van der Waals surface area contributed by atoms with Crippen molar-refractivity contribution in [1.29, 1.82) is 0 Å². The van der Waals surface area contributed by atoms with Crippen molar-refractivity contribution in [2.45, 2.75) is 32.6 Å². The molecule has 0 saturated carbocycles. The normalized spacial score (nSPS) is 10.5. The molecule has 1 aromatic heterocycles. The van der Waals surface area contributed by atoms with Crippen LogP contribution < -0.4 is 20.9 Å². The molecule has 0 spiro atoms. The lowest BCUT2D eigenvalue weighted by atomic mass is 10.2. The summed E-state index contributed by atoms with van der Waals surface area (Å²) < 4.78 is 10.7. The van der Waals surface area contributed by atoms with Gasteiger partial charge in [-0.2, -0.15) is 0 Å². The highest BCUT2D eigenvalue weighted by molar-refractivity contribution is 7.80. The van der Waals surface area contributed by atoms with E-state index in [1.807, 2.05) is 0 Å². The minimum Gasteiger partial charge on any atom is -0.494 e. The average Bonchev–Trinajstić information content (AvgIpc) is 3.24. The van der Waals surface area contributed by atoms with E-state index in [1.54, 1.807) is 36.4 Å². The molecule has 0 aliphatic carbocycles. The Morgan fingerprint density at radius 2 is 1.90 bits per heavy atom. The van der Waals surface area contributed by atoms with Crippen molar-refractivity contribution in [3.05, 3.63) is 60.1 Å². The van der Waals surface area contributed by atoms with Gasteiger partial charge in [0.1, 0.15) is 11.5 Å². The predicted molar refractivity (Wildman–Crippen MR) is 115 cm³/mol. The molecule has 0 atom stereocenters. The van der Waals surface area contributed by atoms with Crippen LogP contribution in [0.3, 0.4) is 0 Å². The number of carbonyl (C=O) groups excluding carboxylic acids is 2. The van der Waals surface area contributed by atoms with E-state index in [-0.39, 0.29) is 11.0 Å². The third kappa shape index (κ3) is 8.61. The number of hydrogen-bond donors (Lipinski definition) is 3. The Bertz CT molecular complexity index is 817. The number of ether oxygens (including phenoxy) is 1. The van der Waals surface area contributed by atoms with Crippen molar-refractivity contribution in [3.8, 4) is 5.75 Å². The largest absolute Gasteiger partial charge is 0.494 e. The third-order valence-corrected chi connectivity index (χ3v) is 4.06. The molecule has 0 aliphatic heterocycles. The first-order chi connectivity index (χ1) is 14.1. The minimum absolute atomic E-state index is 0.0283. The summed E-state index contributed by atoms with van der Waals surface area (Å²) in [4.78, 5) is 23.9. The first kappa shape index (κ1) is 22.2. The smallest absolute Gasteiger partial charge is 0.269 e. The van der Waals surface area contributed by atoms with Crippen molar-refractivity contribution in [2.75, 3.05) is 6.61 Å². The minimum atomic E-state index is -0.450. The Kier molecular flexibility index (Phi) is 9.44. The molecule has 1 heterocycles. The van der Waals surface area contributed by atoms with E-state index in [0.29, 0.717) is 17.9 Å². The molecule has 2 aromatic rings. The lowest BCUT2D eigenvalue weighted by Crippen LogP contribution is -2.48. The molecule has 0 bridgehead atoms. The Balaban J connectivity index is 1.69. The summed E-state index contributed by atoms with van der Waals surface area (Å²) >= 11 is 4.98. The van der Waals surface area contributed by atoms with Crippen LogP contribution in [0.4, 0.5) is 0 Å². The monoisotopic (exact) mass is 415 g/mol. The number of hydrazine groups is 1. The molecular weight excluding hydrogens is 390 g/mol.